The number of hydrogen-bond acceptors (Lipinski definition) is 4. The second-order valence-corrected chi connectivity index (χ2v) is 5.66. The summed E-state index contributed by atoms with van der Waals surface area (Å²) in [5.74, 6) is 2.17. The van der Waals surface area contributed by atoms with Crippen LogP contribution in [0.4, 0.5) is 0 Å². The van der Waals surface area contributed by atoms with Gasteiger partial charge in [-0.3, -0.25) is 0 Å². The molecular formula is C13H23N3O. The Labute approximate surface area is 103 Å². The highest BCUT2D eigenvalue weighted by Crippen LogP contribution is 2.57. The van der Waals surface area contributed by atoms with Crippen molar-refractivity contribution in [3.63, 3.8) is 0 Å². The van der Waals surface area contributed by atoms with Crippen LogP contribution in [-0.2, 0) is 6.42 Å². The second-order valence-electron chi connectivity index (χ2n) is 5.66. The number of aromatic nitrogens is 2. The first kappa shape index (κ1) is 12.6. The molecule has 0 saturated heterocycles. The number of hydrogen-bond donors (Lipinski definition) is 1. The number of rotatable bonds is 6. The second kappa shape index (κ2) is 4.77. The molecule has 2 atom stereocenters. The summed E-state index contributed by atoms with van der Waals surface area (Å²) in [6, 6.07) is 0.445. The van der Waals surface area contributed by atoms with E-state index in [1.807, 2.05) is 0 Å². The minimum absolute atomic E-state index is 0.368. The fourth-order valence-electron chi connectivity index (χ4n) is 2.26. The highest BCUT2D eigenvalue weighted by Gasteiger charge is 2.49. The van der Waals surface area contributed by atoms with Gasteiger partial charge < -0.3 is 9.84 Å². The van der Waals surface area contributed by atoms with Gasteiger partial charge in [-0.05, 0) is 24.8 Å². The first-order valence-electron chi connectivity index (χ1n) is 6.62. The van der Waals surface area contributed by atoms with Crippen molar-refractivity contribution in [2.75, 3.05) is 6.54 Å². The standard InChI is InChI=1S/C13H23N3O/c1-5-9(14-6-2)7-11-15-12(16-17-11)10-8-13(10,3)4/h9-10,14H,5-8H2,1-4H3. The molecule has 1 N–H and O–H groups in total. The summed E-state index contributed by atoms with van der Waals surface area (Å²) in [4.78, 5) is 4.52. The van der Waals surface area contributed by atoms with Gasteiger partial charge in [-0.1, -0.05) is 32.9 Å². The number of likely N-dealkylation sites (N-methyl/N-ethyl adjacent to an activating group) is 1. The van der Waals surface area contributed by atoms with E-state index in [4.69, 9.17) is 4.52 Å². The van der Waals surface area contributed by atoms with Crippen molar-refractivity contribution in [2.45, 2.75) is 58.9 Å². The van der Waals surface area contributed by atoms with Crippen LogP contribution in [0.5, 0.6) is 0 Å². The minimum atomic E-state index is 0.368. The van der Waals surface area contributed by atoms with Gasteiger partial charge in [0.15, 0.2) is 5.82 Å². The molecule has 1 aliphatic rings. The molecule has 0 radical (unpaired) electrons. The summed E-state index contributed by atoms with van der Waals surface area (Å²) < 4.78 is 5.34. The van der Waals surface area contributed by atoms with Crippen molar-refractivity contribution >= 4 is 0 Å². The molecule has 0 amide bonds. The molecule has 1 aliphatic carbocycles. The molecule has 2 rings (SSSR count). The van der Waals surface area contributed by atoms with Crippen molar-refractivity contribution in [3.8, 4) is 0 Å². The third kappa shape index (κ3) is 2.86. The van der Waals surface area contributed by atoms with E-state index in [0.29, 0.717) is 17.4 Å². The Morgan fingerprint density at radius 1 is 1.47 bits per heavy atom. The number of nitrogens with zero attached hydrogens (tertiary/aromatic N) is 2. The Balaban J connectivity index is 1.94. The normalized spacial score (nSPS) is 23.6. The zero-order chi connectivity index (χ0) is 12.5. The summed E-state index contributed by atoms with van der Waals surface area (Å²) in [6.07, 6.45) is 3.10. The zero-order valence-electron chi connectivity index (χ0n) is 11.3. The fourth-order valence-corrected chi connectivity index (χ4v) is 2.26. The average molecular weight is 237 g/mol. The molecule has 1 aromatic heterocycles. The van der Waals surface area contributed by atoms with E-state index in [1.165, 1.54) is 6.42 Å². The lowest BCUT2D eigenvalue weighted by Crippen LogP contribution is -2.30. The van der Waals surface area contributed by atoms with Crippen molar-refractivity contribution in [1.29, 1.82) is 0 Å². The first-order chi connectivity index (χ1) is 8.06. The Morgan fingerprint density at radius 3 is 2.71 bits per heavy atom. The molecule has 1 fully saturated rings. The van der Waals surface area contributed by atoms with Crippen molar-refractivity contribution in [3.05, 3.63) is 11.7 Å². The van der Waals surface area contributed by atoms with E-state index in [2.05, 4.69) is 43.2 Å². The van der Waals surface area contributed by atoms with Crippen LogP contribution in [0.2, 0.25) is 0 Å². The monoisotopic (exact) mass is 237 g/mol. The Bertz CT molecular complexity index is 372. The predicted octanol–water partition coefficient (Wildman–Crippen LogP) is 2.51. The lowest BCUT2D eigenvalue weighted by molar-refractivity contribution is 0.350. The maximum Gasteiger partial charge on any atom is 0.228 e. The predicted molar refractivity (Wildman–Crippen MR) is 66.9 cm³/mol. The van der Waals surface area contributed by atoms with Gasteiger partial charge in [0.05, 0.1) is 0 Å². The third-order valence-corrected chi connectivity index (χ3v) is 3.72. The maximum absolute atomic E-state index is 5.34. The Morgan fingerprint density at radius 2 is 2.18 bits per heavy atom. The Kier molecular flexibility index (Phi) is 3.52. The van der Waals surface area contributed by atoms with Gasteiger partial charge in [-0.2, -0.15) is 4.98 Å². The molecule has 1 aromatic rings. The van der Waals surface area contributed by atoms with Crippen LogP contribution in [0.15, 0.2) is 4.52 Å². The summed E-state index contributed by atoms with van der Waals surface area (Å²) in [5.41, 5.74) is 0.368. The molecule has 4 nitrogen and oxygen atoms in total. The van der Waals surface area contributed by atoms with Crippen LogP contribution in [0, 0.1) is 5.41 Å². The summed E-state index contributed by atoms with van der Waals surface area (Å²) >= 11 is 0. The molecule has 4 heteroatoms. The Hall–Kier alpha value is -0.900. The van der Waals surface area contributed by atoms with Crippen LogP contribution >= 0.6 is 0 Å². The topological polar surface area (TPSA) is 51.0 Å². The molecule has 17 heavy (non-hydrogen) atoms. The molecule has 1 saturated carbocycles. The van der Waals surface area contributed by atoms with Gasteiger partial charge in [0.2, 0.25) is 5.89 Å². The van der Waals surface area contributed by atoms with Crippen LogP contribution < -0.4 is 5.32 Å². The van der Waals surface area contributed by atoms with E-state index >= 15 is 0 Å². The highest BCUT2D eigenvalue weighted by molar-refractivity contribution is 5.14. The quantitative estimate of drug-likeness (QED) is 0.826. The maximum atomic E-state index is 5.34. The summed E-state index contributed by atoms with van der Waals surface area (Å²) in [5, 5.41) is 7.53. The molecule has 0 aromatic carbocycles. The summed E-state index contributed by atoms with van der Waals surface area (Å²) in [7, 11) is 0. The lowest BCUT2D eigenvalue weighted by atomic mass is 10.1. The van der Waals surface area contributed by atoms with Crippen LogP contribution in [0.25, 0.3) is 0 Å². The lowest BCUT2D eigenvalue weighted by Gasteiger charge is -2.12. The van der Waals surface area contributed by atoms with Gasteiger partial charge >= 0.3 is 0 Å². The molecular weight excluding hydrogens is 214 g/mol. The van der Waals surface area contributed by atoms with Gasteiger partial charge in [0.1, 0.15) is 0 Å². The van der Waals surface area contributed by atoms with Crippen molar-refractivity contribution in [2.24, 2.45) is 5.41 Å². The zero-order valence-corrected chi connectivity index (χ0v) is 11.3. The van der Waals surface area contributed by atoms with E-state index < -0.39 is 0 Å². The van der Waals surface area contributed by atoms with E-state index in [0.717, 1.165) is 31.1 Å². The van der Waals surface area contributed by atoms with E-state index in [1.54, 1.807) is 0 Å². The van der Waals surface area contributed by atoms with E-state index in [9.17, 15) is 0 Å². The van der Waals surface area contributed by atoms with Crippen LogP contribution in [-0.4, -0.2) is 22.7 Å². The molecule has 2 unspecified atom stereocenters. The van der Waals surface area contributed by atoms with Gasteiger partial charge in [-0.25, -0.2) is 0 Å². The minimum Gasteiger partial charge on any atom is -0.339 e. The van der Waals surface area contributed by atoms with Crippen LogP contribution in [0.3, 0.4) is 0 Å². The third-order valence-electron chi connectivity index (χ3n) is 3.72. The molecule has 0 spiro atoms. The van der Waals surface area contributed by atoms with Crippen molar-refractivity contribution in [1.82, 2.24) is 15.5 Å². The number of nitrogens with one attached hydrogen (secondary N) is 1. The smallest absolute Gasteiger partial charge is 0.228 e. The van der Waals surface area contributed by atoms with Crippen LogP contribution in [0.1, 0.15) is 58.2 Å². The largest absolute Gasteiger partial charge is 0.339 e. The van der Waals surface area contributed by atoms with Gasteiger partial charge in [0, 0.05) is 18.4 Å². The molecule has 0 aliphatic heterocycles. The first-order valence-corrected chi connectivity index (χ1v) is 6.62. The highest BCUT2D eigenvalue weighted by atomic mass is 16.5. The molecule has 1 heterocycles. The van der Waals surface area contributed by atoms with Gasteiger partial charge in [0.25, 0.3) is 0 Å². The summed E-state index contributed by atoms with van der Waals surface area (Å²) in [6.45, 7) is 9.78. The van der Waals surface area contributed by atoms with Crippen molar-refractivity contribution < 1.29 is 4.52 Å². The average Bonchev–Trinajstić information content (AvgIpc) is 2.74. The van der Waals surface area contributed by atoms with Gasteiger partial charge in [-0.15, -0.1) is 0 Å². The molecule has 0 bridgehead atoms. The molecule has 96 valence electrons. The SMILES string of the molecule is CCNC(CC)Cc1nc(C2CC2(C)C)no1. The van der Waals surface area contributed by atoms with E-state index in [-0.39, 0.29) is 0 Å². The fraction of sp³-hybridized carbons (Fsp3) is 0.846.